The average molecular weight is 767 g/mol. The van der Waals surface area contributed by atoms with Gasteiger partial charge in [-0.2, -0.15) is 0 Å². The van der Waals surface area contributed by atoms with E-state index in [0.29, 0.717) is 32.6 Å². The van der Waals surface area contributed by atoms with Crippen LogP contribution >= 0.6 is 0 Å². The summed E-state index contributed by atoms with van der Waals surface area (Å²) >= 11 is -0.451. The van der Waals surface area contributed by atoms with Gasteiger partial charge in [0.05, 0.1) is 0 Å². The summed E-state index contributed by atoms with van der Waals surface area (Å²) in [5, 5.41) is 12.8. The third kappa shape index (κ3) is 5.25. The van der Waals surface area contributed by atoms with Gasteiger partial charge in [0, 0.05) is 2.74 Å². The molecule has 0 radical (unpaired) electrons. The Labute approximate surface area is 347 Å². The second-order valence-electron chi connectivity index (χ2n) is 12.8. The van der Waals surface area contributed by atoms with Gasteiger partial charge >= 0.3 is 344 Å². The molecule has 0 spiro atoms. The van der Waals surface area contributed by atoms with Crippen LogP contribution in [-0.4, -0.2) is 29.9 Å². The number of rotatable bonds is 5. The number of aromatic nitrogens is 3. The molecular formula is C48H45N3Se. The molecule has 0 N–H and O–H groups in total. The zero-order chi connectivity index (χ0) is 56.2. The van der Waals surface area contributed by atoms with Gasteiger partial charge in [-0.3, -0.25) is 0 Å². The number of hydrogen-bond acceptors (Lipinski definition) is 3. The van der Waals surface area contributed by atoms with Gasteiger partial charge in [0.1, 0.15) is 0 Å². The van der Waals surface area contributed by atoms with Crippen molar-refractivity contribution in [2.75, 3.05) is 0 Å². The molecule has 4 atom stereocenters. The second kappa shape index (κ2) is 13.2. The molecule has 2 fully saturated rings. The molecule has 2 heterocycles. The first-order valence-corrected chi connectivity index (χ1v) is 18.5. The first-order chi connectivity index (χ1) is 34.9. The number of benzene rings is 5. The van der Waals surface area contributed by atoms with E-state index in [1.165, 1.54) is 0 Å². The minimum absolute atomic E-state index is 0.104. The van der Waals surface area contributed by atoms with Crippen molar-refractivity contribution in [2.24, 2.45) is 0 Å². The van der Waals surface area contributed by atoms with Gasteiger partial charge in [-0.25, -0.2) is 0 Å². The van der Waals surface area contributed by atoms with Crippen molar-refractivity contribution >= 4 is 33.8 Å². The fourth-order valence-electron chi connectivity index (χ4n) is 7.61. The topological polar surface area (TPSA) is 38.7 Å². The average Bonchev–Trinajstić information content (AvgIpc) is 3.75. The van der Waals surface area contributed by atoms with Gasteiger partial charge in [-0.1, -0.05) is 0 Å². The Morgan fingerprint density at radius 3 is 2.37 bits per heavy atom. The molecule has 258 valence electrons. The summed E-state index contributed by atoms with van der Waals surface area (Å²) in [6.45, 7) is 3.79. The van der Waals surface area contributed by atoms with Gasteiger partial charge < -0.3 is 0 Å². The van der Waals surface area contributed by atoms with Crippen molar-refractivity contribution in [3.05, 3.63) is 124 Å². The van der Waals surface area contributed by atoms with Crippen LogP contribution in [-0.2, 0) is 6.42 Å². The van der Waals surface area contributed by atoms with E-state index in [4.69, 9.17) is 16.4 Å². The molecular weight excluding hydrogens is 698 g/mol. The van der Waals surface area contributed by atoms with E-state index >= 15 is 0 Å². The standard InChI is InChI=1S/C48H45N3Se/c1-29-27-39-34-20-10-9-19-33(34)28-40(39)43(30(29)2)38-25-26-42-46(37-23-13-14-24-41(37)52-42)45(38)35-21-11-12-22-36(35)48-44(31-15-5-3-6-16-31)47(49-51-50-48)32-17-7-4-8-18-32/h9-14,19-27,31-32H,3-8,15-18,28H2,1-2H3/i3D2,4D2,5D2,6D2,7D2,8D2,11D,12D,15D,16D2,17D,18D2,21D,22D,31D,32D. The Morgan fingerprint density at radius 1 is 0.712 bits per heavy atom. The van der Waals surface area contributed by atoms with Gasteiger partial charge in [-0.15, -0.1) is 0 Å². The van der Waals surface area contributed by atoms with Crippen LogP contribution in [0.2, 0.25) is 0 Å². The fourth-order valence-corrected chi connectivity index (χ4v) is 9.95. The molecule has 0 amide bonds. The molecule has 3 aliphatic rings. The zero-order valence-corrected chi connectivity index (χ0v) is 29.7. The molecule has 2 aromatic heterocycles. The molecule has 0 bridgehead atoms. The van der Waals surface area contributed by atoms with Crippen LogP contribution in [0.1, 0.15) is 142 Å². The van der Waals surface area contributed by atoms with Crippen LogP contribution in [0, 0.1) is 13.8 Å². The zero-order valence-electron chi connectivity index (χ0n) is 52.0. The van der Waals surface area contributed by atoms with Crippen LogP contribution in [0.5, 0.6) is 0 Å². The van der Waals surface area contributed by atoms with Crippen molar-refractivity contribution in [3.63, 3.8) is 0 Å². The van der Waals surface area contributed by atoms with Crippen molar-refractivity contribution in [3.8, 4) is 44.6 Å². The van der Waals surface area contributed by atoms with Crippen molar-refractivity contribution in [1.29, 1.82) is 0 Å². The quantitative estimate of drug-likeness (QED) is 0.164. The molecule has 5 aromatic carbocycles. The molecule has 0 saturated heterocycles. The third-order valence-corrected chi connectivity index (χ3v) is 12.4. The van der Waals surface area contributed by atoms with Gasteiger partial charge in [0.2, 0.25) is 0 Å². The Kier molecular flexibility index (Phi) is 4.06. The van der Waals surface area contributed by atoms with E-state index in [0.717, 1.165) is 37.6 Å². The summed E-state index contributed by atoms with van der Waals surface area (Å²) in [5.41, 5.74) is 0.680. The molecule has 7 aromatic rings. The van der Waals surface area contributed by atoms with E-state index in [2.05, 4.69) is 15.4 Å². The number of nitrogens with zero attached hydrogens (tertiary/aromatic N) is 3. The monoisotopic (exact) mass is 767 g/mol. The maximum absolute atomic E-state index is 10.3. The third-order valence-electron chi connectivity index (χ3n) is 10.0. The van der Waals surface area contributed by atoms with E-state index in [1.807, 2.05) is 68.4 Å². The predicted octanol–water partition coefficient (Wildman–Crippen LogP) is 12.5. The first-order valence-electron chi connectivity index (χ1n) is 28.9. The number of hydrogen-bond donors (Lipinski definition) is 0. The summed E-state index contributed by atoms with van der Waals surface area (Å²) in [5.74, 6) is -8.23. The van der Waals surface area contributed by atoms with Crippen LogP contribution in [0.3, 0.4) is 0 Å². The molecule has 4 unspecified atom stereocenters. The Balaban J connectivity index is 1.46. The van der Waals surface area contributed by atoms with Gasteiger partial charge in [0.15, 0.2) is 0 Å². The molecule has 3 nitrogen and oxygen atoms in total. The van der Waals surface area contributed by atoms with Crippen LogP contribution in [0.4, 0.5) is 0 Å². The minimum atomic E-state index is -4.28. The molecule has 52 heavy (non-hydrogen) atoms. The van der Waals surface area contributed by atoms with Gasteiger partial charge in [0.25, 0.3) is 0 Å². The van der Waals surface area contributed by atoms with Crippen molar-refractivity contribution < 1.29 is 32.9 Å². The summed E-state index contributed by atoms with van der Waals surface area (Å²) < 4.78 is 223. The SMILES string of the molecule is [2H]c1c([2H])c([2H])c(-c2c(-c3c(C)c(C)cc4c3Cc3ccccc3-4)ccc3[se]c4ccccc4c23)c(-c2nnnc(C3([2H])C([2H])C([2H])([2H])C([2H])([2H])C([2H])([2H])C3([2H])[2H])c2C2([2H])C([2H])C([2H])([2H])C([2H])([2H])C([2H])([2H])C2([2H])[2H])c1[2H]. The fraction of sp³-hybridized carbons (Fsp3) is 0.312. The normalized spacial score (nSPS) is 38.7. The summed E-state index contributed by atoms with van der Waals surface area (Å²) in [6, 6.07) is 17.1. The van der Waals surface area contributed by atoms with Crippen molar-refractivity contribution in [2.45, 2.75) is 95.8 Å². The Bertz CT molecular complexity index is 3670. The maximum atomic E-state index is 10.3. The molecule has 10 rings (SSSR count). The van der Waals surface area contributed by atoms with Gasteiger partial charge in [-0.05, 0) is 0 Å². The van der Waals surface area contributed by atoms with E-state index in [-0.39, 0.29) is 5.56 Å². The molecule has 2 saturated carbocycles. The molecule has 4 heteroatoms. The van der Waals surface area contributed by atoms with Crippen LogP contribution < -0.4 is 0 Å². The number of fused-ring (bicyclic) bond motifs is 6. The second-order valence-corrected chi connectivity index (χ2v) is 15.1. The summed E-state index contributed by atoms with van der Waals surface area (Å²) in [4.78, 5) is 0. The van der Waals surface area contributed by atoms with E-state index in [1.54, 1.807) is 12.1 Å². The van der Waals surface area contributed by atoms with Crippen LogP contribution in [0.15, 0.2) is 90.9 Å². The van der Waals surface area contributed by atoms with E-state index < -0.39 is 142 Å². The van der Waals surface area contributed by atoms with Crippen molar-refractivity contribution in [1.82, 2.24) is 15.4 Å². The van der Waals surface area contributed by atoms with Crippen LogP contribution in [0.25, 0.3) is 63.9 Å². The Hall–Kier alpha value is -4.37. The van der Waals surface area contributed by atoms with E-state index in [9.17, 15) is 16.4 Å². The predicted molar refractivity (Wildman–Crippen MR) is 217 cm³/mol. The molecule has 3 aliphatic carbocycles. The molecule has 0 aliphatic heterocycles. The number of aryl methyl sites for hydroxylation is 1. The Morgan fingerprint density at radius 2 is 1.48 bits per heavy atom. The first kappa shape index (κ1) is 15.9. The summed E-state index contributed by atoms with van der Waals surface area (Å²) in [6.07, 6.45) is -38.7. The summed E-state index contributed by atoms with van der Waals surface area (Å²) in [7, 11) is 0.